The van der Waals surface area contributed by atoms with E-state index in [1.54, 1.807) is 6.07 Å². The average molecular weight is 278 g/mol. The Morgan fingerprint density at radius 1 is 1.14 bits per heavy atom. The fourth-order valence-corrected chi connectivity index (χ4v) is 2.48. The fourth-order valence-electron chi connectivity index (χ4n) is 2.48. The minimum atomic E-state index is -0.234. The lowest BCUT2D eigenvalue weighted by molar-refractivity contribution is 0.101. The number of anilines is 1. The van der Waals surface area contributed by atoms with Crippen molar-refractivity contribution in [3.63, 3.8) is 0 Å². The molecule has 0 bridgehead atoms. The van der Waals surface area contributed by atoms with E-state index < -0.39 is 0 Å². The lowest BCUT2D eigenvalue weighted by Gasteiger charge is -2.06. The molecule has 2 aromatic carbocycles. The fraction of sp³-hybridized carbons (Fsp3) is 0.176. The number of rotatable bonds is 3. The summed E-state index contributed by atoms with van der Waals surface area (Å²) in [5.41, 5.74) is 1.12. The highest BCUT2D eigenvalue weighted by molar-refractivity contribution is 6.08. The lowest BCUT2D eigenvalue weighted by Crippen LogP contribution is -2.12. The topological polar surface area (TPSA) is 55.1 Å². The van der Waals surface area contributed by atoms with E-state index in [1.807, 2.05) is 42.5 Å². The first-order valence-corrected chi connectivity index (χ1v) is 7.07. The SMILES string of the molecule is O=C(Nc1cccc2ccccc12)c1cc(C2CC2)on1. The first kappa shape index (κ1) is 12.1. The van der Waals surface area contributed by atoms with Crippen molar-refractivity contribution in [3.05, 3.63) is 60.0 Å². The van der Waals surface area contributed by atoms with Gasteiger partial charge in [0.15, 0.2) is 5.69 Å². The summed E-state index contributed by atoms with van der Waals surface area (Å²) in [4.78, 5) is 12.3. The van der Waals surface area contributed by atoms with Crippen molar-refractivity contribution < 1.29 is 9.32 Å². The second kappa shape index (κ2) is 4.74. The summed E-state index contributed by atoms with van der Waals surface area (Å²) in [5, 5.41) is 8.88. The Bertz CT molecular complexity index is 813. The Labute approximate surface area is 121 Å². The molecule has 4 rings (SSSR count). The van der Waals surface area contributed by atoms with Crippen molar-refractivity contribution in [3.8, 4) is 0 Å². The number of hydrogen-bond acceptors (Lipinski definition) is 3. The van der Waals surface area contributed by atoms with Crippen LogP contribution in [0.5, 0.6) is 0 Å². The van der Waals surface area contributed by atoms with E-state index >= 15 is 0 Å². The highest BCUT2D eigenvalue weighted by atomic mass is 16.5. The van der Waals surface area contributed by atoms with Gasteiger partial charge < -0.3 is 9.84 Å². The van der Waals surface area contributed by atoms with Crippen molar-refractivity contribution >= 4 is 22.4 Å². The number of nitrogens with one attached hydrogen (secondary N) is 1. The highest BCUT2D eigenvalue weighted by Gasteiger charge is 2.28. The van der Waals surface area contributed by atoms with E-state index in [0.717, 1.165) is 35.1 Å². The number of fused-ring (bicyclic) bond motifs is 1. The molecule has 1 aliphatic rings. The molecule has 4 heteroatoms. The molecule has 1 N–H and O–H groups in total. The van der Waals surface area contributed by atoms with Gasteiger partial charge in [0.05, 0.1) is 0 Å². The van der Waals surface area contributed by atoms with E-state index in [0.29, 0.717) is 11.6 Å². The van der Waals surface area contributed by atoms with Crippen LogP contribution >= 0.6 is 0 Å². The number of aromatic nitrogens is 1. The van der Waals surface area contributed by atoms with E-state index in [-0.39, 0.29) is 5.91 Å². The molecule has 0 atom stereocenters. The second-order valence-corrected chi connectivity index (χ2v) is 5.37. The summed E-state index contributed by atoms with van der Waals surface area (Å²) < 4.78 is 5.22. The third-order valence-corrected chi connectivity index (χ3v) is 3.78. The van der Waals surface area contributed by atoms with E-state index in [1.165, 1.54) is 0 Å². The molecule has 0 saturated heterocycles. The smallest absolute Gasteiger partial charge is 0.277 e. The van der Waals surface area contributed by atoms with Gasteiger partial charge in [0.1, 0.15) is 5.76 Å². The minimum absolute atomic E-state index is 0.234. The van der Waals surface area contributed by atoms with Crippen LogP contribution in [0.4, 0.5) is 5.69 Å². The molecular formula is C17H14N2O2. The van der Waals surface area contributed by atoms with Gasteiger partial charge in [-0.05, 0) is 24.3 Å². The number of carbonyl (C=O) groups is 1. The largest absolute Gasteiger partial charge is 0.360 e. The quantitative estimate of drug-likeness (QED) is 0.789. The molecule has 4 nitrogen and oxygen atoms in total. The van der Waals surface area contributed by atoms with Crippen LogP contribution in [0.2, 0.25) is 0 Å². The molecule has 1 amide bonds. The van der Waals surface area contributed by atoms with Gasteiger partial charge in [-0.15, -0.1) is 0 Å². The van der Waals surface area contributed by atoms with Crippen molar-refractivity contribution in [1.82, 2.24) is 5.16 Å². The van der Waals surface area contributed by atoms with Crippen LogP contribution in [0, 0.1) is 0 Å². The normalized spacial score (nSPS) is 14.3. The molecule has 3 aromatic rings. The van der Waals surface area contributed by atoms with Crippen molar-refractivity contribution in [2.75, 3.05) is 5.32 Å². The maximum Gasteiger partial charge on any atom is 0.277 e. The predicted octanol–water partition coefficient (Wildman–Crippen LogP) is 3.96. The molecule has 1 saturated carbocycles. The third-order valence-electron chi connectivity index (χ3n) is 3.78. The second-order valence-electron chi connectivity index (χ2n) is 5.37. The molecule has 0 radical (unpaired) electrons. The van der Waals surface area contributed by atoms with Gasteiger partial charge in [0, 0.05) is 23.1 Å². The van der Waals surface area contributed by atoms with Crippen LogP contribution in [0.15, 0.2) is 53.1 Å². The zero-order valence-corrected chi connectivity index (χ0v) is 11.4. The summed E-state index contributed by atoms with van der Waals surface area (Å²) in [6.45, 7) is 0. The van der Waals surface area contributed by atoms with Crippen molar-refractivity contribution in [1.29, 1.82) is 0 Å². The van der Waals surface area contributed by atoms with Crippen molar-refractivity contribution in [2.24, 2.45) is 0 Å². The zero-order chi connectivity index (χ0) is 14.2. The van der Waals surface area contributed by atoms with Crippen LogP contribution in [-0.4, -0.2) is 11.1 Å². The standard InChI is InChI=1S/C17H14N2O2/c20-17(15-10-16(21-19-15)12-8-9-12)18-14-7-3-5-11-4-1-2-6-13(11)14/h1-7,10,12H,8-9H2,(H,18,20). The molecule has 104 valence electrons. The highest BCUT2D eigenvalue weighted by Crippen LogP contribution is 2.40. The Balaban J connectivity index is 1.62. The number of amides is 1. The summed E-state index contributed by atoms with van der Waals surface area (Å²) in [5.74, 6) is 1.04. The molecule has 0 aliphatic heterocycles. The molecular weight excluding hydrogens is 264 g/mol. The summed E-state index contributed by atoms with van der Waals surface area (Å²) in [7, 11) is 0. The van der Waals surface area contributed by atoms with Crippen LogP contribution in [0.3, 0.4) is 0 Å². The van der Waals surface area contributed by atoms with Gasteiger partial charge in [-0.25, -0.2) is 0 Å². The Hall–Kier alpha value is -2.62. The molecule has 1 aliphatic carbocycles. The van der Waals surface area contributed by atoms with E-state index in [4.69, 9.17) is 4.52 Å². The maximum atomic E-state index is 12.3. The van der Waals surface area contributed by atoms with E-state index in [9.17, 15) is 4.79 Å². The first-order chi connectivity index (χ1) is 10.3. The minimum Gasteiger partial charge on any atom is -0.360 e. The summed E-state index contributed by atoms with van der Waals surface area (Å²) in [6, 6.07) is 15.5. The van der Waals surface area contributed by atoms with Crippen LogP contribution in [0.25, 0.3) is 10.8 Å². The summed E-state index contributed by atoms with van der Waals surface area (Å²) in [6.07, 6.45) is 2.25. The molecule has 1 fully saturated rings. The van der Waals surface area contributed by atoms with Gasteiger partial charge in [-0.2, -0.15) is 0 Å². The predicted molar refractivity (Wildman–Crippen MR) is 80.4 cm³/mol. The number of hydrogen-bond donors (Lipinski definition) is 1. The molecule has 1 aromatic heterocycles. The number of benzene rings is 2. The number of nitrogens with zero attached hydrogens (tertiary/aromatic N) is 1. The molecule has 0 spiro atoms. The first-order valence-electron chi connectivity index (χ1n) is 7.07. The van der Waals surface area contributed by atoms with Crippen LogP contribution < -0.4 is 5.32 Å². The van der Waals surface area contributed by atoms with Crippen LogP contribution in [-0.2, 0) is 0 Å². The van der Waals surface area contributed by atoms with Crippen molar-refractivity contribution in [2.45, 2.75) is 18.8 Å². The van der Waals surface area contributed by atoms with Gasteiger partial charge in [0.25, 0.3) is 5.91 Å². The lowest BCUT2D eigenvalue weighted by atomic mass is 10.1. The summed E-state index contributed by atoms with van der Waals surface area (Å²) >= 11 is 0. The Morgan fingerprint density at radius 3 is 2.81 bits per heavy atom. The number of carbonyl (C=O) groups excluding carboxylic acids is 1. The average Bonchev–Trinajstić information content (AvgIpc) is 3.25. The molecule has 21 heavy (non-hydrogen) atoms. The maximum absolute atomic E-state index is 12.3. The van der Waals surface area contributed by atoms with Crippen LogP contribution in [0.1, 0.15) is 35.0 Å². The van der Waals surface area contributed by atoms with Gasteiger partial charge in [-0.1, -0.05) is 41.6 Å². The van der Waals surface area contributed by atoms with Gasteiger partial charge in [-0.3, -0.25) is 4.79 Å². The van der Waals surface area contributed by atoms with E-state index in [2.05, 4.69) is 10.5 Å². The Kier molecular flexibility index (Phi) is 2.74. The Morgan fingerprint density at radius 2 is 1.95 bits per heavy atom. The third kappa shape index (κ3) is 2.29. The van der Waals surface area contributed by atoms with Gasteiger partial charge >= 0.3 is 0 Å². The molecule has 1 heterocycles. The van der Waals surface area contributed by atoms with Gasteiger partial charge in [0.2, 0.25) is 0 Å². The monoisotopic (exact) mass is 278 g/mol. The molecule has 0 unspecified atom stereocenters. The zero-order valence-electron chi connectivity index (χ0n) is 11.4.